The molecule has 1 aliphatic rings. The molecule has 3 rings (SSSR count). The van der Waals surface area contributed by atoms with Crippen LogP contribution < -0.4 is 4.74 Å². The van der Waals surface area contributed by atoms with E-state index in [1.54, 1.807) is 11.1 Å². The van der Waals surface area contributed by atoms with E-state index >= 15 is 0 Å². The second-order valence-electron chi connectivity index (χ2n) is 8.15. The number of fused-ring (bicyclic) bond motifs is 1. The van der Waals surface area contributed by atoms with Crippen LogP contribution in [-0.2, 0) is 0 Å². The molecule has 0 aliphatic heterocycles. The zero-order chi connectivity index (χ0) is 18.7. The van der Waals surface area contributed by atoms with Crippen molar-refractivity contribution in [3.05, 3.63) is 36.5 Å². The predicted molar refractivity (Wildman–Crippen MR) is 103 cm³/mol. The molecule has 0 unspecified atom stereocenters. The SMILES string of the molecule is CC(C)(C)N(CC1CCC(Oc2ccnc3ccccc23)CC1)C(=O)O. The lowest BCUT2D eigenvalue weighted by Gasteiger charge is -2.38. The van der Waals surface area contributed by atoms with Crippen LogP contribution in [0.25, 0.3) is 10.9 Å². The normalized spacial score (nSPS) is 20.7. The van der Waals surface area contributed by atoms with Crippen molar-refractivity contribution < 1.29 is 14.6 Å². The highest BCUT2D eigenvalue weighted by atomic mass is 16.5. The zero-order valence-electron chi connectivity index (χ0n) is 15.8. The lowest BCUT2D eigenvalue weighted by molar-refractivity contribution is 0.0695. The molecule has 1 N–H and O–H groups in total. The van der Waals surface area contributed by atoms with E-state index in [-0.39, 0.29) is 11.6 Å². The molecule has 1 aromatic heterocycles. The van der Waals surface area contributed by atoms with Crippen LogP contribution in [0.15, 0.2) is 36.5 Å². The molecule has 0 radical (unpaired) electrons. The monoisotopic (exact) mass is 356 g/mol. The summed E-state index contributed by atoms with van der Waals surface area (Å²) in [5.41, 5.74) is 0.579. The van der Waals surface area contributed by atoms with Gasteiger partial charge in [0.2, 0.25) is 0 Å². The highest BCUT2D eigenvalue weighted by Crippen LogP contribution is 2.32. The number of para-hydroxylation sites is 1. The lowest BCUT2D eigenvalue weighted by Crippen LogP contribution is -2.48. The van der Waals surface area contributed by atoms with Crippen molar-refractivity contribution in [1.29, 1.82) is 0 Å². The first kappa shape index (κ1) is 18.5. The Morgan fingerprint density at radius 2 is 1.88 bits per heavy atom. The number of rotatable bonds is 4. The second-order valence-corrected chi connectivity index (χ2v) is 8.15. The van der Waals surface area contributed by atoms with E-state index in [4.69, 9.17) is 4.74 Å². The summed E-state index contributed by atoms with van der Waals surface area (Å²) in [5, 5.41) is 10.5. The van der Waals surface area contributed by atoms with Crippen LogP contribution >= 0.6 is 0 Å². The van der Waals surface area contributed by atoms with Crippen molar-refractivity contribution >= 4 is 17.0 Å². The van der Waals surface area contributed by atoms with Gasteiger partial charge in [-0.2, -0.15) is 0 Å². The molecule has 140 valence electrons. The third-order valence-corrected chi connectivity index (χ3v) is 5.18. The third kappa shape index (κ3) is 4.26. The summed E-state index contributed by atoms with van der Waals surface area (Å²) in [5.74, 6) is 1.29. The molecule has 1 heterocycles. The van der Waals surface area contributed by atoms with Gasteiger partial charge >= 0.3 is 6.09 Å². The molecular weight excluding hydrogens is 328 g/mol. The van der Waals surface area contributed by atoms with Gasteiger partial charge in [0.05, 0.1) is 11.6 Å². The molecule has 0 atom stereocenters. The summed E-state index contributed by atoms with van der Waals surface area (Å²) in [6, 6.07) is 9.94. The maximum atomic E-state index is 11.5. The van der Waals surface area contributed by atoms with E-state index < -0.39 is 6.09 Å². The number of amides is 1. The topological polar surface area (TPSA) is 62.7 Å². The number of ether oxygens (including phenoxy) is 1. The van der Waals surface area contributed by atoms with Crippen molar-refractivity contribution in [2.75, 3.05) is 6.54 Å². The van der Waals surface area contributed by atoms with Gasteiger partial charge in [-0.3, -0.25) is 4.98 Å². The van der Waals surface area contributed by atoms with Crippen molar-refractivity contribution in [2.24, 2.45) is 5.92 Å². The van der Waals surface area contributed by atoms with Gasteiger partial charge in [0.25, 0.3) is 0 Å². The number of nitrogens with zero attached hydrogens (tertiary/aromatic N) is 2. The van der Waals surface area contributed by atoms with Crippen LogP contribution in [-0.4, -0.2) is 39.3 Å². The molecule has 1 aromatic carbocycles. The third-order valence-electron chi connectivity index (χ3n) is 5.18. The average Bonchev–Trinajstić information content (AvgIpc) is 2.60. The van der Waals surface area contributed by atoms with Crippen LogP contribution in [0.3, 0.4) is 0 Å². The maximum Gasteiger partial charge on any atom is 0.407 e. The fourth-order valence-corrected chi connectivity index (χ4v) is 3.68. The van der Waals surface area contributed by atoms with E-state index in [1.165, 1.54) is 0 Å². The highest BCUT2D eigenvalue weighted by Gasteiger charge is 2.31. The number of pyridine rings is 1. The first-order valence-electron chi connectivity index (χ1n) is 9.35. The molecule has 0 saturated heterocycles. The average molecular weight is 356 g/mol. The van der Waals surface area contributed by atoms with Crippen molar-refractivity contribution in [1.82, 2.24) is 9.88 Å². The van der Waals surface area contributed by atoms with Gasteiger partial charge in [0.15, 0.2) is 0 Å². The van der Waals surface area contributed by atoms with Gasteiger partial charge in [-0.25, -0.2) is 4.79 Å². The Bertz CT molecular complexity index is 756. The van der Waals surface area contributed by atoms with Gasteiger partial charge in [-0.15, -0.1) is 0 Å². The summed E-state index contributed by atoms with van der Waals surface area (Å²) >= 11 is 0. The van der Waals surface area contributed by atoms with Crippen LogP contribution in [0.5, 0.6) is 5.75 Å². The molecular formula is C21H28N2O3. The molecule has 1 aliphatic carbocycles. The molecule has 1 saturated carbocycles. The molecule has 0 spiro atoms. The summed E-state index contributed by atoms with van der Waals surface area (Å²) in [6.07, 6.45) is 5.04. The standard InChI is InChI=1S/C21H28N2O3/c1-21(2,3)23(20(24)25)14-15-8-10-16(11-9-15)26-19-12-13-22-18-7-5-4-6-17(18)19/h4-7,12-13,15-16H,8-11,14H2,1-3H3,(H,24,25). The van der Waals surface area contributed by atoms with E-state index in [1.807, 2.05) is 51.1 Å². The number of hydrogen-bond donors (Lipinski definition) is 1. The second kappa shape index (κ2) is 7.52. The summed E-state index contributed by atoms with van der Waals surface area (Å²) in [7, 11) is 0. The maximum absolute atomic E-state index is 11.5. The van der Waals surface area contributed by atoms with Gasteiger partial charge in [-0.1, -0.05) is 12.1 Å². The Morgan fingerprint density at radius 1 is 1.19 bits per heavy atom. The van der Waals surface area contributed by atoms with Crippen molar-refractivity contribution in [2.45, 2.75) is 58.1 Å². The summed E-state index contributed by atoms with van der Waals surface area (Å²) in [6.45, 7) is 6.45. The molecule has 2 aromatic rings. The summed E-state index contributed by atoms with van der Waals surface area (Å²) in [4.78, 5) is 17.5. The van der Waals surface area contributed by atoms with Crippen LogP contribution in [0.1, 0.15) is 46.5 Å². The fourth-order valence-electron chi connectivity index (χ4n) is 3.68. The molecule has 5 nitrogen and oxygen atoms in total. The summed E-state index contributed by atoms with van der Waals surface area (Å²) < 4.78 is 6.27. The minimum atomic E-state index is -0.834. The molecule has 1 fully saturated rings. The minimum absolute atomic E-state index is 0.185. The Labute approximate surface area is 155 Å². The highest BCUT2D eigenvalue weighted by molar-refractivity contribution is 5.84. The smallest absolute Gasteiger partial charge is 0.407 e. The van der Waals surface area contributed by atoms with E-state index in [2.05, 4.69) is 4.98 Å². The molecule has 5 heteroatoms. The molecule has 0 bridgehead atoms. The molecule has 1 amide bonds. The fraction of sp³-hybridized carbons (Fsp3) is 0.524. The van der Waals surface area contributed by atoms with Crippen LogP contribution in [0, 0.1) is 5.92 Å². The van der Waals surface area contributed by atoms with E-state index in [9.17, 15) is 9.90 Å². The first-order chi connectivity index (χ1) is 12.3. The zero-order valence-corrected chi connectivity index (χ0v) is 15.8. The number of carboxylic acid groups (broad SMARTS) is 1. The van der Waals surface area contributed by atoms with Gasteiger partial charge in [-0.05, 0) is 70.6 Å². The Balaban J connectivity index is 1.59. The number of carbonyl (C=O) groups is 1. The quantitative estimate of drug-likeness (QED) is 0.842. The number of benzene rings is 1. The van der Waals surface area contributed by atoms with Crippen LogP contribution in [0.2, 0.25) is 0 Å². The Kier molecular flexibility index (Phi) is 5.35. The van der Waals surface area contributed by atoms with E-state index in [0.29, 0.717) is 12.5 Å². The Morgan fingerprint density at radius 3 is 2.54 bits per heavy atom. The van der Waals surface area contributed by atoms with Crippen LogP contribution in [0.4, 0.5) is 4.79 Å². The van der Waals surface area contributed by atoms with Gasteiger partial charge in [0, 0.05) is 23.7 Å². The van der Waals surface area contributed by atoms with Gasteiger partial charge in [0.1, 0.15) is 5.75 Å². The predicted octanol–water partition coefficient (Wildman–Crippen LogP) is 4.95. The Hall–Kier alpha value is -2.30. The number of hydrogen-bond acceptors (Lipinski definition) is 3. The van der Waals surface area contributed by atoms with Crippen molar-refractivity contribution in [3.63, 3.8) is 0 Å². The van der Waals surface area contributed by atoms with Gasteiger partial charge < -0.3 is 14.7 Å². The minimum Gasteiger partial charge on any atom is -0.490 e. The number of aromatic nitrogens is 1. The van der Waals surface area contributed by atoms with Crippen molar-refractivity contribution in [3.8, 4) is 5.75 Å². The van der Waals surface area contributed by atoms with E-state index in [0.717, 1.165) is 42.3 Å². The lowest BCUT2D eigenvalue weighted by atomic mass is 9.86. The molecule has 26 heavy (non-hydrogen) atoms. The first-order valence-corrected chi connectivity index (χ1v) is 9.35. The largest absolute Gasteiger partial charge is 0.490 e.